The molecule has 5 nitrogen and oxygen atoms in total. The van der Waals surface area contributed by atoms with Crippen molar-refractivity contribution in [2.75, 3.05) is 18.0 Å². The summed E-state index contributed by atoms with van der Waals surface area (Å²) in [6.45, 7) is 1.47. The van der Waals surface area contributed by atoms with Crippen LogP contribution in [0.5, 0.6) is 0 Å². The van der Waals surface area contributed by atoms with Crippen molar-refractivity contribution in [2.45, 2.75) is 44.6 Å². The molecule has 1 saturated carbocycles. The molecule has 1 aliphatic rings. The van der Waals surface area contributed by atoms with Crippen molar-refractivity contribution in [2.24, 2.45) is 11.5 Å². The van der Waals surface area contributed by atoms with Crippen LogP contribution in [0.3, 0.4) is 0 Å². The number of carbonyl (C=O) groups is 1. The topological polar surface area (TPSA) is 85.2 Å². The predicted octanol–water partition coefficient (Wildman–Crippen LogP) is 1.67. The summed E-state index contributed by atoms with van der Waals surface area (Å²) in [6.07, 6.45) is 8.70. The Hall–Kier alpha value is -1.62. The van der Waals surface area contributed by atoms with E-state index in [1.54, 1.807) is 18.3 Å². The van der Waals surface area contributed by atoms with Gasteiger partial charge in [0.15, 0.2) is 0 Å². The first-order valence-electron chi connectivity index (χ1n) is 7.45. The van der Waals surface area contributed by atoms with Crippen LogP contribution in [0.1, 0.15) is 48.9 Å². The second-order valence-corrected chi connectivity index (χ2v) is 5.37. The number of carbonyl (C=O) groups excluding carboxylic acids is 1. The number of pyridine rings is 1. The number of nitrogens with zero attached hydrogens (tertiary/aromatic N) is 2. The number of aromatic nitrogens is 1. The zero-order chi connectivity index (χ0) is 14.4. The van der Waals surface area contributed by atoms with E-state index < -0.39 is 5.91 Å². The molecule has 0 unspecified atom stereocenters. The van der Waals surface area contributed by atoms with Gasteiger partial charge in [-0.05, 0) is 37.9 Å². The van der Waals surface area contributed by atoms with Crippen molar-refractivity contribution < 1.29 is 4.79 Å². The first-order chi connectivity index (χ1) is 9.74. The van der Waals surface area contributed by atoms with Gasteiger partial charge in [0, 0.05) is 18.8 Å². The van der Waals surface area contributed by atoms with Gasteiger partial charge in [0.25, 0.3) is 5.91 Å². The highest BCUT2D eigenvalue weighted by atomic mass is 16.1. The molecule has 0 radical (unpaired) electrons. The van der Waals surface area contributed by atoms with Gasteiger partial charge in [0.1, 0.15) is 5.82 Å². The van der Waals surface area contributed by atoms with Crippen molar-refractivity contribution in [3.05, 3.63) is 23.9 Å². The molecule has 0 atom stereocenters. The summed E-state index contributed by atoms with van der Waals surface area (Å²) in [4.78, 5) is 18.3. The highest BCUT2D eigenvalue weighted by Crippen LogP contribution is 2.28. The predicted molar refractivity (Wildman–Crippen MR) is 80.6 cm³/mol. The van der Waals surface area contributed by atoms with Gasteiger partial charge in [0.05, 0.1) is 5.56 Å². The van der Waals surface area contributed by atoms with E-state index in [9.17, 15) is 4.79 Å². The van der Waals surface area contributed by atoms with E-state index in [-0.39, 0.29) is 0 Å². The highest BCUT2D eigenvalue weighted by Gasteiger charge is 2.24. The van der Waals surface area contributed by atoms with Gasteiger partial charge in [-0.15, -0.1) is 0 Å². The van der Waals surface area contributed by atoms with E-state index in [1.807, 2.05) is 0 Å². The number of anilines is 1. The number of hydrogen-bond donors (Lipinski definition) is 2. The lowest BCUT2D eigenvalue weighted by Gasteiger charge is -2.36. The Balaban J connectivity index is 2.27. The SMILES string of the molecule is NCCCN(c1ncccc1C(N)=O)C1CCCCC1. The van der Waals surface area contributed by atoms with Crippen LogP contribution in [0.4, 0.5) is 5.82 Å². The summed E-state index contributed by atoms with van der Waals surface area (Å²) in [5, 5.41) is 0. The second kappa shape index (κ2) is 7.24. The first kappa shape index (κ1) is 14.8. The Kier molecular flexibility index (Phi) is 5.35. The van der Waals surface area contributed by atoms with Crippen molar-refractivity contribution in [1.82, 2.24) is 4.98 Å². The largest absolute Gasteiger partial charge is 0.365 e. The fraction of sp³-hybridized carbons (Fsp3) is 0.600. The smallest absolute Gasteiger partial charge is 0.252 e. The van der Waals surface area contributed by atoms with Crippen LogP contribution < -0.4 is 16.4 Å². The molecular formula is C15H24N4O. The highest BCUT2D eigenvalue weighted by molar-refractivity contribution is 5.97. The van der Waals surface area contributed by atoms with Crippen LogP contribution >= 0.6 is 0 Å². The molecule has 110 valence electrons. The van der Waals surface area contributed by atoms with Gasteiger partial charge in [-0.1, -0.05) is 19.3 Å². The quantitative estimate of drug-likeness (QED) is 0.827. The third-order valence-corrected chi connectivity index (χ3v) is 3.94. The van der Waals surface area contributed by atoms with Crippen LogP contribution in [0.25, 0.3) is 0 Å². The van der Waals surface area contributed by atoms with Gasteiger partial charge >= 0.3 is 0 Å². The average Bonchev–Trinajstić information content (AvgIpc) is 2.49. The maximum atomic E-state index is 11.6. The summed E-state index contributed by atoms with van der Waals surface area (Å²) < 4.78 is 0. The fourth-order valence-electron chi connectivity index (χ4n) is 2.93. The molecule has 0 bridgehead atoms. The Morgan fingerprint density at radius 1 is 1.35 bits per heavy atom. The minimum Gasteiger partial charge on any atom is -0.365 e. The van der Waals surface area contributed by atoms with Crippen LogP contribution in [-0.4, -0.2) is 30.0 Å². The van der Waals surface area contributed by atoms with Crippen LogP contribution in [0.15, 0.2) is 18.3 Å². The molecule has 2 rings (SSSR count). The van der Waals surface area contributed by atoms with E-state index in [1.165, 1.54) is 19.3 Å². The molecule has 1 heterocycles. The Morgan fingerprint density at radius 3 is 2.75 bits per heavy atom. The van der Waals surface area contributed by atoms with E-state index in [0.29, 0.717) is 18.2 Å². The van der Waals surface area contributed by atoms with Gasteiger partial charge < -0.3 is 16.4 Å². The molecular weight excluding hydrogens is 252 g/mol. The summed E-state index contributed by atoms with van der Waals surface area (Å²) >= 11 is 0. The number of amides is 1. The van der Waals surface area contributed by atoms with Crippen molar-refractivity contribution in [3.8, 4) is 0 Å². The molecule has 5 heteroatoms. The Morgan fingerprint density at radius 2 is 2.10 bits per heavy atom. The average molecular weight is 276 g/mol. The van der Waals surface area contributed by atoms with E-state index in [2.05, 4.69) is 9.88 Å². The maximum absolute atomic E-state index is 11.6. The summed E-state index contributed by atoms with van der Waals surface area (Å²) in [5.74, 6) is 0.307. The van der Waals surface area contributed by atoms with Crippen molar-refractivity contribution >= 4 is 11.7 Å². The molecule has 1 aliphatic carbocycles. The molecule has 4 N–H and O–H groups in total. The summed E-state index contributed by atoms with van der Waals surface area (Å²) in [7, 11) is 0. The third-order valence-electron chi connectivity index (χ3n) is 3.94. The number of primary amides is 1. The normalized spacial score (nSPS) is 16.1. The van der Waals surface area contributed by atoms with Crippen molar-refractivity contribution in [3.63, 3.8) is 0 Å². The number of nitrogens with two attached hydrogens (primary N) is 2. The van der Waals surface area contributed by atoms with Crippen LogP contribution in [0, 0.1) is 0 Å². The molecule has 0 saturated heterocycles. The Bertz CT molecular complexity index is 443. The molecule has 0 aromatic carbocycles. The minimum atomic E-state index is -0.415. The summed E-state index contributed by atoms with van der Waals surface area (Å²) in [6, 6.07) is 3.96. The zero-order valence-corrected chi connectivity index (χ0v) is 11.9. The lowest BCUT2D eigenvalue weighted by Crippen LogP contribution is -2.40. The van der Waals surface area contributed by atoms with Crippen molar-refractivity contribution in [1.29, 1.82) is 0 Å². The molecule has 1 aromatic rings. The fourth-order valence-corrected chi connectivity index (χ4v) is 2.93. The Labute approximate surface area is 120 Å². The summed E-state index contributed by atoms with van der Waals surface area (Å²) in [5.41, 5.74) is 11.6. The van der Waals surface area contributed by atoms with Gasteiger partial charge in [-0.2, -0.15) is 0 Å². The van der Waals surface area contributed by atoms with Crippen LogP contribution in [-0.2, 0) is 0 Å². The zero-order valence-electron chi connectivity index (χ0n) is 11.9. The van der Waals surface area contributed by atoms with E-state index in [4.69, 9.17) is 11.5 Å². The monoisotopic (exact) mass is 276 g/mol. The van der Waals surface area contributed by atoms with Gasteiger partial charge in [-0.25, -0.2) is 4.98 Å². The molecule has 0 aliphatic heterocycles. The van der Waals surface area contributed by atoms with Crippen LogP contribution in [0.2, 0.25) is 0 Å². The van der Waals surface area contributed by atoms with Gasteiger partial charge in [0.2, 0.25) is 0 Å². The molecule has 1 fully saturated rings. The lowest BCUT2D eigenvalue weighted by atomic mass is 9.93. The third kappa shape index (κ3) is 3.48. The minimum absolute atomic E-state index is 0.415. The molecule has 1 amide bonds. The maximum Gasteiger partial charge on any atom is 0.252 e. The van der Waals surface area contributed by atoms with E-state index in [0.717, 1.165) is 31.6 Å². The number of hydrogen-bond acceptors (Lipinski definition) is 4. The molecule has 20 heavy (non-hydrogen) atoms. The lowest BCUT2D eigenvalue weighted by molar-refractivity contribution is 0.100. The standard InChI is InChI=1S/C15H24N4O/c16-9-5-11-19(12-6-2-1-3-7-12)15-13(14(17)20)8-4-10-18-15/h4,8,10,12H,1-3,5-7,9,11,16H2,(H2,17,20). The molecule has 1 aromatic heterocycles. The molecule has 0 spiro atoms. The number of rotatable bonds is 6. The van der Waals surface area contributed by atoms with Gasteiger partial charge in [-0.3, -0.25) is 4.79 Å². The first-order valence-corrected chi connectivity index (χ1v) is 7.45. The second-order valence-electron chi connectivity index (χ2n) is 5.37. The van der Waals surface area contributed by atoms with E-state index >= 15 is 0 Å².